The lowest BCUT2D eigenvalue weighted by molar-refractivity contribution is -0.153. The SMILES string of the molecule is Cc1nc2ccccc2nc1CC1(c2ccccc2)C(=O)OC(=O)C1c1ccccc1. The molecular formula is C26H20N2O3. The van der Waals surface area contributed by atoms with Gasteiger partial charge in [0.1, 0.15) is 11.3 Å². The molecule has 0 bridgehead atoms. The molecule has 152 valence electrons. The van der Waals surface area contributed by atoms with Crippen molar-refractivity contribution in [3.05, 3.63) is 107 Å². The Hall–Kier alpha value is -3.86. The number of aromatic nitrogens is 2. The normalized spacial score (nSPS) is 20.7. The maximum absolute atomic E-state index is 13.4. The van der Waals surface area contributed by atoms with E-state index in [2.05, 4.69) is 4.98 Å². The van der Waals surface area contributed by atoms with Crippen LogP contribution in [0.2, 0.25) is 0 Å². The van der Waals surface area contributed by atoms with E-state index in [-0.39, 0.29) is 6.42 Å². The molecule has 4 aromatic rings. The second-order valence-electron chi connectivity index (χ2n) is 7.81. The highest BCUT2D eigenvalue weighted by molar-refractivity contribution is 6.06. The molecule has 0 amide bonds. The summed E-state index contributed by atoms with van der Waals surface area (Å²) in [6, 6.07) is 26.3. The molecule has 0 spiro atoms. The van der Waals surface area contributed by atoms with E-state index in [1.165, 1.54) is 0 Å². The quantitative estimate of drug-likeness (QED) is 0.372. The van der Waals surface area contributed by atoms with Gasteiger partial charge in [0.2, 0.25) is 0 Å². The van der Waals surface area contributed by atoms with E-state index in [1.807, 2.05) is 91.9 Å². The molecule has 0 saturated carbocycles. The topological polar surface area (TPSA) is 69.2 Å². The van der Waals surface area contributed by atoms with Gasteiger partial charge < -0.3 is 4.74 Å². The number of para-hydroxylation sites is 2. The standard InChI is InChI=1S/C26H20N2O3/c1-17-22(28-21-15-9-8-14-20(21)27-17)16-26(19-12-6-3-7-13-19)23(24(29)31-25(26)30)18-10-4-2-5-11-18/h2-15,23H,16H2,1H3. The third-order valence-corrected chi connectivity index (χ3v) is 6.00. The van der Waals surface area contributed by atoms with Gasteiger partial charge in [-0.05, 0) is 30.2 Å². The van der Waals surface area contributed by atoms with Crippen molar-refractivity contribution in [2.75, 3.05) is 0 Å². The summed E-state index contributed by atoms with van der Waals surface area (Å²) in [6.45, 7) is 1.88. The molecule has 5 nitrogen and oxygen atoms in total. The van der Waals surface area contributed by atoms with E-state index in [1.54, 1.807) is 0 Å². The first-order chi connectivity index (χ1) is 15.1. The highest BCUT2D eigenvalue weighted by Crippen LogP contribution is 2.48. The number of fused-ring (bicyclic) bond motifs is 1. The molecule has 2 heterocycles. The molecule has 3 aromatic carbocycles. The fourth-order valence-electron chi connectivity index (χ4n) is 4.48. The number of ether oxygens (including phenoxy) is 1. The fraction of sp³-hybridized carbons (Fsp3) is 0.154. The van der Waals surface area contributed by atoms with Crippen molar-refractivity contribution in [3.8, 4) is 0 Å². The van der Waals surface area contributed by atoms with E-state index >= 15 is 0 Å². The Bertz CT molecular complexity index is 1290. The number of hydrogen-bond acceptors (Lipinski definition) is 5. The van der Waals surface area contributed by atoms with Crippen LogP contribution in [0.1, 0.15) is 28.4 Å². The van der Waals surface area contributed by atoms with Crippen LogP contribution in [0, 0.1) is 6.92 Å². The Labute approximate surface area is 179 Å². The third-order valence-electron chi connectivity index (χ3n) is 6.00. The highest BCUT2D eigenvalue weighted by atomic mass is 16.6. The summed E-state index contributed by atoms with van der Waals surface area (Å²) < 4.78 is 5.27. The largest absolute Gasteiger partial charge is 0.392 e. The Balaban J connectivity index is 1.74. The van der Waals surface area contributed by atoms with Gasteiger partial charge in [0.15, 0.2) is 0 Å². The lowest BCUT2D eigenvalue weighted by atomic mass is 9.66. The van der Waals surface area contributed by atoms with Crippen LogP contribution in [-0.2, 0) is 26.2 Å². The van der Waals surface area contributed by atoms with Gasteiger partial charge in [-0.15, -0.1) is 0 Å². The predicted molar refractivity (Wildman–Crippen MR) is 116 cm³/mol. The van der Waals surface area contributed by atoms with Crippen molar-refractivity contribution in [3.63, 3.8) is 0 Å². The Morgan fingerprint density at radius 3 is 2.06 bits per heavy atom. The lowest BCUT2D eigenvalue weighted by Gasteiger charge is -2.31. The smallest absolute Gasteiger partial charge is 0.325 e. The summed E-state index contributed by atoms with van der Waals surface area (Å²) in [4.78, 5) is 35.9. The van der Waals surface area contributed by atoms with Crippen LogP contribution in [0.25, 0.3) is 11.0 Å². The van der Waals surface area contributed by atoms with Crippen LogP contribution >= 0.6 is 0 Å². The van der Waals surface area contributed by atoms with E-state index in [4.69, 9.17) is 9.72 Å². The number of hydrogen-bond donors (Lipinski definition) is 0. The Morgan fingerprint density at radius 1 is 0.806 bits per heavy atom. The van der Waals surface area contributed by atoms with Crippen molar-refractivity contribution in [2.45, 2.75) is 24.7 Å². The molecule has 5 rings (SSSR count). The molecule has 1 aliphatic rings. The predicted octanol–water partition coefficient (Wildman–Crippen LogP) is 4.29. The first kappa shape index (κ1) is 19.1. The maximum Gasteiger partial charge on any atom is 0.325 e. The Kier molecular flexibility index (Phi) is 4.59. The molecule has 1 aromatic heterocycles. The number of rotatable bonds is 4. The van der Waals surface area contributed by atoms with Gasteiger partial charge in [-0.25, -0.2) is 9.97 Å². The van der Waals surface area contributed by atoms with Crippen LogP contribution in [0.3, 0.4) is 0 Å². The molecule has 1 saturated heterocycles. The van der Waals surface area contributed by atoms with Gasteiger partial charge in [-0.3, -0.25) is 9.59 Å². The molecule has 2 atom stereocenters. The maximum atomic E-state index is 13.4. The lowest BCUT2D eigenvalue weighted by Crippen LogP contribution is -2.40. The monoisotopic (exact) mass is 408 g/mol. The third kappa shape index (κ3) is 3.10. The molecule has 31 heavy (non-hydrogen) atoms. The number of carbonyl (C=O) groups is 2. The van der Waals surface area contributed by atoms with Gasteiger partial charge in [0, 0.05) is 6.42 Å². The van der Waals surface area contributed by atoms with Crippen molar-refractivity contribution in [1.82, 2.24) is 9.97 Å². The molecule has 0 radical (unpaired) electrons. The number of aryl methyl sites for hydroxylation is 1. The van der Waals surface area contributed by atoms with E-state index in [0.29, 0.717) is 5.69 Å². The van der Waals surface area contributed by atoms with Gasteiger partial charge in [-0.2, -0.15) is 0 Å². The van der Waals surface area contributed by atoms with E-state index in [9.17, 15) is 9.59 Å². The van der Waals surface area contributed by atoms with E-state index < -0.39 is 23.3 Å². The van der Waals surface area contributed by atoms with Gasteiger partial charge >= 0.3 is 11.9 Å². The van der Waals surface area contributed by atoms with Crippen LogP contribution < -0.4 is 0 Å². The summed E-state index contributed by atoms with van der Waals surface area (Å²) >= 11 is 0. The summed E-state index contributed by atoms with van der Waals surface area (Å²) in [6.07, 6.45) is 0.213. The van der Waals surface area contributed by atoms with Crippen LogP contribution in [0.4, 0.5) is 0 Å². The van der Waals surface area contributed by atoms with Crippen LogP contribution in [-0.4, -0.2) is 21.9 Å². The summed E-state index contributed by atoms with van der Waals surface area (Å²) in [5.41, 5.74) is 3.20. The zero-order valence-electron chi connectivity index (χ0n) is 17.0. The fourth-order valence-corrected chi connectivity index (χ4v) is 4.48. The number of benzene rings is 3. The molecule has 1 fully saturated rings. The minimum Gasteiger partial charge on any atom is -0.392 e. The van der Waals surface area contributed by atoms with Crippen molar-refractivity contribution < 1.29 is 14.3 Å². The van der Waals surface area contributed by atoms with E-state index in [0.717, 1.165) is 27.9 Å². The summed E-state index contributed by atoms with van der Waals surface area (Å²) in [5.74, 6) is -1.85. The van der Waals surface area contributed by atoms with Crippen LogP contribution in [0.5, 0.6) is 0 Å². The average molecular weight is 408 g/mol. The second-order valence-corrected chi connectivity index (χ2v) is 7.81. The van der Waals surface area contributed by atoms with Crippen molar-refractivity contribution in [2.24, 2.45) is 0 Å². The molecule has 5 heteroatoms. The van der Waals surface area contributed by atoms with Crippen molar-refractivity contribution >= 4 is 23.0 Å². The number of nitrogens with zero attached hydrogens (tertiary/aromatic N) is 2. The van der Waals surface area contributed by atoms with Gasteiger partial charge in [-0.1, -0.05) is 72.8 Å². The minimum absolute atomic E-state index is 0.213. The zero-order chi connectivity index (χ0) is 21.4. The Morgan fingerprint density at radius 2 is 1.39 bits per heavy atom. The number of carbonyl (C=O) groups excluding carboxylic acids is 2. The van der Waals surface area contributed by atoms with Gasteiger partial charge in [0.25, 0.3) is 0 Å². The number of esters is 2. The molecule has 2 unspecified atom stereocenters. The average Bonchev–Trinajstić information content (AvgIpc) is 3.05. The molecule has 1 aliphatic heterocycles. The molecule has 0 aliphatic carbocycles. The number of cyclic esters (lactones) is 2. The van der Waals surface area contributed by atoms with Crippen LogP contribution in [0.15, 0.2) is 84.9 Å². The minimum atomic E-state index is -1.22. The van der Waals surface area contributed by atoms with Crippen molar-refractivity contribution in [1.29, 1.82) is 0 Å². The van der Waals surface area contributed by atoms with Gasteiger partial charge in [0.05, 0.1) is 22.4 Å². The summed E-state index contributed by atoms with van der Waals surface area (Å²) in [7, 11) is 0. The molecule has 0 N–H and O–H groups in total. The zero-order valence-corrected chi connectivity index (χ0v) is 17.0. The molecular weight excluding hydrogens is 388 g/mol. The summed E-state index contributed by atoms with van der Waals surface area (Å²) in [5, 5.41) is 0. The first-order valence-corrected chi connectivity index (χ1v) is 10.2. The first-order valence-electron chi connectivity index (χ1n) is 10.2. The second kappa shape index (κ2) is 7.43. The highest BCUT2D eigenvalue weighted by Gasteiger charge is 2.59.